The highest BCUT2D eigenvalue weighted by molar-refractivity contribution is 5.79. The van der Waals surface area contributed by atoms with Crippen LogP contribution in [0, 0.1) is 11.3 Å². The maximum atomic E-state index is 11.4. The van der Waals surface area contributed by atoms with Crippen LogP contribution in [0.1, 0.15) is 33.1 Å². The number of amides is 1. The van der Waals surface area contributed by atoms with Crippen LogP contribution < -0.4 is 5.32 Å². The summed E-state index contributed by atoms with van der Waals surface area (Å²) in [6.07, 6.45) is 2.82. The molecule has 0 spiro atoms. The molecule has 0 bridgehead atoms. The number of nitrogens with one attached hydrogen (secondary N) is 1. The number of hydrogen-bond acceptors (Lipinski definition) is 2. The lowest BCUT2D eigenvalue weighted by Gasteiger charge is -2.29. The molecule has 1 unspecified atom stereocenters. The van der Waals surface area contributed by atoms with Crippen molar-refractivity contribution in [2.45, 2.75) is 33.1 Å². The minimum absolute atomic E-state index is 0.107. The monoisotopic (exact) mass is 185 g/mol. The lowest BCUT2D eigenvalue weighted by Crippen LogP contribution is -2.39. The largest absolute Gasteiger partial charge is 0.396 e. The van der Waals surface area contributed by atoms with Crippen LogP contribution in [-0.2, 0) is 4.79 Å². The van der Waals surface area contributed by atoms with Crippen molar-refractivity contribution in [1.29, 1.82) is 0 Å². The van der Waals surface area contributed by atoms with Gasteiger partial charge in [-0.2, -0.15) is 0 Å². The first-order chi connectivity index (χ1) is 6.05. The van der Waals surface area contributed by atoms with Gasteiger partial charge in [0.1, 0.15) is 0 Å². The fourth-order valence-electron chi connectivity index (χ4n) is 1.76. The van der Waals surface area contributed by atoms with E-state index in [1.807, 2.05) is 13.8 Å². The molecule has 0 aliphatic carbocycles. The molecule has 76 valence electrons. The second-order valence-corrected chi connectivity index (χ2v) is 4.66. The first kappa shape index (κ1) is 10.5. The Balaban J connectivity index is 2.47. The number of hydrogen-bond donors (Lipinski definition) is 2. The highest BCUT2D eigenvalue weighted by atomic mass is 16.3. The molecule has 1 atom stereocenters. The van der Waals surface area contributed by atoms with Crippen LogP contribution in [0.15, 0.2) is 0 Å². The fourth-order valence-corrected chi connectivity index (χ4v) is 1.76. The summed E-state index contributed by atoms with van der Waals surface area (Å²) < 4.78 is 0. The van der Waals surface area contributed by atoms with E-state index in [4.69, 9.17) is 5.11 Å². The van der Waals surface area contributed by atoms with Crippen molar-refractivity contribution in [3.8, 4) is 0 Å². The molecular formula is C10H19NO2. The molecule has 0 aromatic carbocycles. The van der Waals surface area contributed by atoms with Crippen molar-refractivity contribution in [2.75, 3.05) is 13.2 Å². The quantitative estimate of drug-likeness (QED) is 0.687. The van der Waals surface area contributed by atoms with E-state index in [-0.39, 0.29) is 23.8 Å². The average Bonchev–Trinajstić information content (AvgIpc) is 2.09. The zero-order valence-electron chi connectivity index (χ0n) is 8.47. The summed E-state index contributed by atoms with van der Waals surface area (Å²) in [5.74, 6) is 0.267. The smallest absolute Gasteiger partial charge is 0.223 e. The standard InChI is InChI=1S/C10H19NO2/c1-10(2,7-12)6-8-4-3-5-11-9(8)13/h8,12H,3-7H2,1-2H3,(H,11,13). The molecule has 0 aromatic heterocycles. The van der Waals surface area contributed by atoms with E-state index in [0.29, 0.717) is 0 Å². The van der Waals surface area contributed by atoms with Crippen LogP contribution in [0.4, 0.5) is 0 Å². The summed E-state index contributed by atoms with van der Waals surface area (Å²) >= 11 is 0. The fraction of sp³-hybridized carbons (Fsp3) is 0.900. The van der Waals surface area contributed by atoms with Crippen LogP contribution in [0.5, 0.6) is 0 Å². The van der Waals surface area contributed by atoms with Crippen LogP contribution in [0.3, 0.4) is 0 Å². The number of aliphatic hydroxyl groups is 1. The molecule has 1 fully saturated rings. The van der Waals surface area contributed by atoms with Crippen molar-refractivity contribution in [3.05, 3.63) is 0 Å². The molecular weight excluding hydrogens is 166 g/mol. The van der Waals surface area contributed by atoms with Crippen LogP contribution in [0.25, 0.3) is 0 Å². The van der Waals surface area contributed by atoms with Gasteiger partial charge in [0.25, 0.3) is 0 Å². The van der Waals surface area contributed by atoms with E-state index in [9.17, 15) is 4.79 Å². The molecule has 0 aromatic rings. The van der Waals surface area contributed by atoms with Gasteiger partial charge in [0.2, 0.25) is 5.91 Å². The first-order valence-electron chi connectivity index (χ1n) is 4.94. The van der Waals surface area contributed by atoms with Gasteiger partial charge in [0.05, 0.1) is 0 Å². The zero-order valence-corrected chi connectivity index (χ0v) is 8.47. The molecule has 0 saturated carbocycles. The van der Waals surface area contributed by atoms with E-state index < -0.39 is 0 Å². The topological polar surface area (TPSA) is 49.3 Å². The maximum Gasteiger partial charge on any atom is 0.223 e. The van der Waals surface area contributed by atoms with Gasteiger partial charge in [-0.1, -0.05) is 13.8 Å². The highest BCUT2D eigenvalue weighted by Crippen LogP contribution is 2.28. The Labute approximate surface area is 79.5 Å². The zero-order chi connectivity index (χ0) is 9.90. The van der Waals surface area contributed by atoms with E-state index in [2.05, 4.69) is 5.32 Å². The van der Waals surface area contributed by atoms with E-state index in [0.717, 1.165) is 25.8 Å². The number of carbonyl (C=O) groups is 1. The molecule has 13 heavy (non-hydrogen) atoms. The van der Waals surface area contributed by atoms with Gasteiger partial charge in [-0.3, -0.25) is 4.79 Å². The van der Waals surface area contributed by atoms with Gasteiger partial charge in [0.15, 0.2) is 0 Å². The van der Waals surface area contributed by atoms with E-state index in [1.54, 1.807) is 0 Å². The summed E-state index contributed by atoms with van der Waals surface area (Å²) in [7, 11) is 0. The molecule has 3 nitrogen and oxygen atoms in total. The van der Waals surface area contributed by atoms with Gasteiger partial charge in [0, 0.05) is 19.1 Å². The minimum atomic E-state index is -0.126. The Morgan fingerprint density at radius 1 is 1.62 bits per heavy atom. The van der Waals surface area contributed by atoms with Crippen molar-refractivity contribution in [3.63, 3.8) is 0 Å². The van der Waals surface area contributed by atoms with E-state index in [1.165, 1.54) is 0 Å². The minimum Gasteiger partial charge on any atom is -0.396 e. The Hall–Kier alpha value is -0.570. The number of piperidine rings is 1. The molecule has 1 aliphatic rings. The predicted molar refractivity (Wildman–Crippen MR) is 51.2 cm³/mol. The average molecular weight is 185 g/mol. The molecule has 0 radical (unpaired) electrons. The lowest BCUT2D eigenvalue weighted by atomic mass is 9.80. The van der Waals surface area contributed by atoms with Gasteiger partial charge < -0.3 is 10.4 Å². The van der Waals surface area contributed by atoms with Crippen molar-refractivity contribution >= 4 is 5.91 Å². The predicted octanol–water partition coefficient (Wildman–Crippen LogP) is 0.921. The van der Waals surface area contributed by atoms with Gasteiger partial charge in [-0.25, -0.2) is 0 Å². The Kier molecular flexibility index (Phi) is 3.31. The Morgan fingerprint density at radius 3 is 2.85 bits per heavy atom. The lowest BCUT2D eigenvalue weighted by molar-refractivity contribution is -0.127. The molecule has 1 amide bonds. The summed E-state index contributed by atoms with van der Waals surface area (Å²) in [5, 5.41) is 11.9. The molecule has 1 rings (SSSR count). The SMILES string of the molecule is CC(C)(CO)CC1CCCNC1=O. The Bertz CT molecular complexity index is 189. The van der Waals surface area contributed by atoms with Gasteiger partial charge >= 0.3 is 0 Å². The molecule has 1 saturated heterocycles. The second-order valence-electron chi connectivity index (χ2n) is 4.66. The van der Waals surface area contributed by atoms with Gasteiger partial charge in [-0.05, 0) is 24.7 Å². The van der Waals surface area contributed by atoms with Crippen LogP contribution in [0.2, 0.25) is 0 Å². The summed E-state index contributed by atoms with van der Waals surface area (Å²) in [5.41, 5.74) is -0.126. The second kappa shape index (κ2) is 4.09. The molecule has 2 N–H and O–H groups in total. The summed E-state index contributed by atoms with van der Waals surface area (Å²) in [6, 6.07) is 0. The first-order valence-corrected chi connectivity index (χ1v) is 4.94. The molecule has 1 aliphatic heterocycles. The molecule has 1 heterocycles. The number of aliphatic hydroxyl groups excluding tert-OH is 1. The summed E-state index contributed by atoms with van der Waals surface area (Å²) in [4.78, 5) is 11.4. The van der Waals surface area contributed by atoms with Gasteiger partial charge in [-0.15, -0.1) is 0 Å². The number of carbonyl (C=O) groups excluding carboxylic acids is 1. The third-order valence-electron chi connectivity index (χ3n) is 2.63. The van der Waals surface area contributed by atoms with Crippen LogP contribution in [-0.4, -0.2) is 24.2 Å². The summed E-state index contributed by atoms with van der Waals surface area (Å²) in [6.45, 7) is 4.95. The normalized spacial score (nSPS) is 24.2. The van der Waals surface area contributed by atoms with Crippen molar-refractivity contribution in [1.82, 2.24) is 5.32 Å². The van der Waals surface area contributed by atoms with Crippen LogP contribution >= 0.6 is 0 Å². The van der Waals surface area contributed by atoms with E-state index >= 15 is 0 Å². The molecule has 3 heteroatoms. The van der Waals surface area contributed by atoms with Crippen molar-refractivity contribution in [2.24, 2.45) is 11.3 Å². The third-order valence-corrected chi connectivity index (χ3v) is 2.63. The van der Waals surface area contributed by atoms with Crippen molar-refractivity contribution < 1.29 is 9.90 Å². The third kappa shape index (κ3) is 2.99. The number of rotatable bonds is 3. The highest BCUT2D eigenvalue weighted by Gasteiger charge is 2.28. The maximum absolute atomic E-state index is 11.4. The Morgan fingerprint density at radius 2 is 2.31 bits per heavy atom.